The molecule has 1 saturated heterocycles. The summed E-state index contributed by atoms with van der Waals surface area (Å²) in [6, 6.07) is 0.0597. The molecule has 1 aliphatic heterocycles. The van der Waals surface area contributed by atoms with Crippen LogP contribution in [0.4, 0.5) is 0 Å². The molecule has 0 aromatic carbocycles. The molecule has 3 rings (SSSR count). The fourth-order valence-electron chi connectivity index (χ4n) is 3.16. The van der Waals surface area contributed by atoms with E-state index in [1.807, 2.05) is 0 Å². The maximum Gasteiger partial charge on any atom is 0.332 e. The largest absolute Gasteiger partial charge is 0.337 e. The molecule has 0 aliphatic carbocycles. The van der Waals surface area contributed by atoms with Crippen LogP contribution in [0.5, 0.6) is 0 Å². The molecule has 1 amide bonds. The number of aryl methyl sites for hydroxylation is 1. The predicted molar refractivity (Wildman–Crippen MR) is 84.0 cm³/mol. The Bertz CT molecular complexity index is 877. The van der Waals surface area contributed by atoms with Crippen LogP contribution in [-0.4, -0.2) is 48.6 Å². The maximum atomic E-state index is 12.5. The average Bonchev–Trinajstić information content (AvgIpc) is 3.17. The first-order chi connectivity index (χ1) is 11.0. The van der Waals surface area contributed by atoms with Crippen molar-refractivity contribution in [2.45, 2.75) is 25.4 Å². The number of hydrogen-bond acceptors (Lipinski definition) is 5. The third-order valence-electron chi connectivity index (χ3n) is 4.49. The molecule has 1 atom stereocenters. The highest BCUT2D eigenvalue weighted by Gasteiger charge is 2.28. The van der Waals surface area contributed by atoms with Crippen molar-refractivity contribution < 1.29 is 4.79 Å². The lowest BCUT2D eigenvalue weighted by Gasteiger charge is -2.23. The number of carbonyl (C=O) groups is 1. The second-order valence-corrected chi connectivity index (χ2v) is 5.87. The van der Waals surface area contributed by atoms with E-state index in [9.17, 15) is 14.4 Å². The molecule has 124 valence electrons. The van der Waals surface area contributed by atoms with Crippen LogP contribution in [0.3, 0.4) is 0 Å². The van der Waals surface area contributed by atoms with Gasteiger partial charge in [0.05, 0.1) is 6.33 Å². The minimum atomic E-state index is -0.454. The number of rotatable bonds is 3. The Kier molecular flexibility index (Phi) is 3.80. The molecule has 1 aliphatic rings. The van der Waals surface area contributed by atoms with Crippen LogP contribution in [-0.2, 0) is 25.4 Å². The van der Waals surface area contributed by atoms with E-state index in [1.54, 1.807) is 11.9 Å². The van der Waals surface area contributed by atoms with Gasteiger partial charge in [0.15, 0.2) is 11.2 Å². The summed E-state index contributed by atoms with van der Waals surface area (Å²) in [5.41, 5.74) is 5.34. The van der Waals surface area contributed by atoms with Gasteiger partial charge >= 0.3 is 5.69 Å². The molecular weight excluding hydrogens is 300 g/mol. The highest BCUT2D eigenvalue weighted by molar-refractivity contribution is 5.79. The van der Waals surface area contributed by atoms with Crippen LogP contribution in [0.1, 0.15) is 12.8 Å². The summed E-state index contributed by atoms with van der Waals surface area (Å²) in [7, 11) is 2.96. The van der Waals surface area contributed by atoms with E-state index in [2.05, 4.69) is 4.98 Å². The SMILES string of the molecule is Cn1c(=O)c2c(ncn2CC(=O)N2CCC[C@H]2CN)n(C)c1=O. The maximum absolute atomic E-state index is 12.5. The Morgan fingerprint density at radius 3 is 2.78 bits per heavy atom. The summed E-state index contributed by atoms with van der Waals surface area (Å²) >= 11 is 0. The van der Waals surface area contributed by atoms with Crippen molar-refractivity contribution in [3.8, 4) is 0 Å². The first-order valence-electron chi connectivity index (χ1n) is 7.56. The molecule has 0 spiro atoms. The van der Waals surface area contributed by atoms with E-state index < -0.39 is 11.2 Å². The Morgan fingerprint density at radius 1 is 1.35 bits per heavy atom. The van der Waals surface area contributed by atoms with Gasteiger partial charge in [0.25, 0.3) is 5.56 Å². The second-order valence-electron chi connectivity index (χ2n) is 5.87. The monoisotopic (exact) mass is 320 g/mol. The van der Waals surface area contributed by atoms with E-state index in [1.165, 1.54) is 22.5 Å². The molecule has 2 aromatic rings. The van der Waals surface area contributed by atoms with Crippen molar-refractivity contribution in [2.24, 2.45) is 19.8 Å². The van der Waals surface area contributed by atoms with Crippen LogP contribution in [0.15, 0.2) is 15.9 Å². The minimum absolute atomic E-state index is 0.0143. The van der Waals surface area contributed by atoms with Gasteiger partial charge in [0, 0.05) is 33.2 Å². The van der Waals surface area contributed by atoms with E-state index in [4.69, 9.17) is 5.73 Å². The van der Waals surface area contributed by atoms with E-state index >= 15 is 0 Å². The lowest BCUT2D eigenvalue weighted by atomic mass is 10.2. The summed E-state index contributed by atoms with van der Waals surface area (Å²) in [6.45, 7) is 1.14. The molecule has 9 heteroatoms. The lowest BCUT2D eigenvalue weighted by molar-refractivity contribution is -0.132. The Morgan fingerprint density at radius 2 is 2.09 bits per heavy atom. The molecule has 2 aromatic heterocycles. The molecular formula is C14H20N6O3. The molecule has 0 radical (unpaired) electrons. The lowest BCUT2D eigenvalue weighted by Crippen LogP contribution is -2.42. The molecule has 0 unspecified atom stereocenters. The summed E-state index contributed by atoms with van der Waals surface area (Å²) < 4.78 is 3.82. The molecule has 1 fully saturated rings. The summed E-state index contributed by atoms with van der Waals surface area (Å²) in [5.74, 6) is -0.0897. The molecule has 23 heavy (non-hydrogen) atoms. The van der Waals surface area contributed by atoms with Crippen molar-refractivity contribution >= 4 is 17.1 Å². The summed E-state index contributed by atoms with van der Waals surface area (Å²) in [4.78, 5) is 42.7. The number of carbonyl (C=O) groups excluding carboxylic acids is 1. The molecule has 0 saturated carbocycles. The third kappa shape index (κ3) is 2.37. The highest BCUT2D eigenvalue weighted by Crippen LogP contribution is 2.17. The first-order valence-corrected chi connectivity index (χ1v) is 7.56. The standard InChI is InChI=1S/C14H20N6O3/c1-17-12-11(13(22)18(2)14(17)23)19(8-16-12)7-10(21)20-5-3-4-9(20)6-15/h8-9H,3-7,15H2,1-2H3/t9-/m0/s1. The van der Waals surface area contributed by atoms with Gasteiger partial charge in [-0.15, -0.1) is 0 Å². The van der Waals surface area contributed by atoms with Gasteiger partial charge in [-0.1, -0.05) is 0 Å². The van der Waals surface area contributed by atoms with Gasteiger partial charge in [0.1, 0.15) is 6.54 Å². The highest BCUT2D eigenvalue weighted by atomic mass is 16.2. The van der Waals surface area contributed by atoms with Gasteiger partial charge in [-0.2, -0.15) is 0 Å². The number of amides is 1. The van der Waals surface area contributed by atoms with Gasteiger partial charge < -0.3 is 15.2 Å². The molecule has 0 bridgehead atoms. The zero-order valence-electron chi connectivity index (χ0n) is 13.2. The van der Waals surface area contributed by atoms with Crippen molar-refractivity contribution in [1.82, 2.24) is 23.6 Å². The smallest absolute Gasteiger partial charge is 0.332 e. The number of nitrogens with zero attached hydrogens (tertiary/aromatic N) is 5. The summed E-state index contributed by atoms with van der Waals surface area (Å²) in [5, 5.41) is 0. The number of hydrogen-bond donors (Lipinski definition) is 1. The molecule has 2 N–H and O–H groups in total. The van der Waals surface area contributed by atoms with Gasteiger partial charge in [-0.25, -0.2) is 9.78 Å². The van der Waals surface area contributed by atoms with Crippen LogP contribution in [0, 0.1) is 0 Å². The van der Waals surface area contributed by atoms with Crippen LogP contribution < -0.4 is 17.0 Å². The van der Waals surface area contributed by atoms with Gasteiger partial charge in [-0.3, -0.25) is 18.7 Å². The quantitative estimate of drug-likeness (QED) is 0.731. The first kappa shape index (κ1) is 15.5. The second kappa shape index (κ2) is 5.65. The van der Waals surface area contributed by atoms with Crippen molar-refractivity contribution in [3.63, 3.8) is 0 Å². The average molecular weight is 320 g/mol. The van der Waals surface area contributed by atoms with E-state index in [0.29, 0.717) is 13.1 Å². The number of aromatic nitrogens is 4. The predicted octanol–water partition coefficient (Wildman–Crippen LogP) is -1.62. The van der Waals surface area contributed by atoms with Gasteiger partial charge in [0.2, 0.25) is 5.91 Å². The van der Waals surface area contributed by atoms with Crippen molar-refractivity contribution in [2.75, 3.05) is 13.1 Å². The topological polar surface area (TPSA) is 108 Å². The van der Waals surface area contributed by atoms with E-state index in [0.717, 1.165) is 17.4 Å². The zero-order chi connectivity index (χ0) is 16.7. The Hall–Kier alpha value is -2.42. The fourth-order valence-corrected chi connectivity index (χ4v) is 3.16. The fraction of sp³-hybridized carbons (Fsp3) is 0.571. The Labute approximate surface area is 131 Å². The zero-order valence-corrected chi connectivity index (χ0v) is 13.2. The van der Waals surface area contributed by atoms with Crippen molar-refractivity contribution in [3.05, 3.63) is 27.2 Å². The van der Waals surface area contributed by atoms with E-state index in [-0.39, 0.29) is 29.7 Å². The summed E-state index contributed by atoms with van der Waals surface area (Å²) in [6.07, 6.45) is 3.27. The van der Waals surface area contributed by atoms with Crippen LogP contribution >= 0.6 is 0 Å². The van der Waals surface area contributed by atoms with Crippen LogP contribution in [0.2, 0.25) is 0 Å². The minimum Gasteiger partial charge on any atom is -0.337 e. The molecule has 9 nitrogen and oxygen atoms in total. The third-order valence-corrected chi connectivity index (χ3v) is 4.49. The molecule has 3 heterocycles. The number of nitrogens with two attached hydrogens (primary N) is 1. The van der Waals surface area contributed by atoms with Crippen molar-refractivity contribution in [1.29, 1.82) is 0 Å². The normalized spacial score (nSPS) is 18.0. The number of imidazole rings is 1. The number of likely N-dealkylation sites (tertiary alicyclic amines) is 1. The number of fused-ring (bicyclic) bond motifs is 1. The van der Waals surface area contributed by atoms with Crippen LogP contribution in [0.25, 0.3) is 11.2 Å². The van der Waals surface area contributed by atoms with Gasteiger partial charge in [-0.05, 0) is 12.8 Å². The Balaban J connectivity index is 2.00.